The summed E-state index contributed by atoms with van der Waals surface area (Å²) in [5.41, 5.74) is 0.231. The first kappa shape index (κ1) is 14.7. The van der Waals surface area contributed by atoms with E-state index in [1.54, 1.807) is 0 Å². The summed E-state index contributed by atoms with van der Waals surface area (Å²) in [4.78, 5) is 22.6. The molecule has 2 amide bonds. The lowest BCUT2D eigenvalue weighted by molar-refractivity contribution is 0.0952. The maximum Gasteiger partial charge on any atom is 0.407 e. The number of carbonyl (C=O) groups is 2. The minimum Gasteiger partial charge on any atom is -0.445 e. The van der Waals surface area contributed by atoms with Crippen molar-refractivity contribution in [2.24, 2.45) is 0 Å². The third kappa shape index (κ3) is 5.67. The van der Waals surface area contributed by atoms with Crippen molar-refractivity contribution in [3.05, 3.63) is 48.3 Å². The molecule has 1 aromatic rings. The average Bonchev–Trinajstić information content (AvgIpc) is 2.41. The summed E-state index contributed by atoms with van der Waals surface area (Å²) >= 11 is 0. The monoisotopic (exact) mass is 266 g/mol. The van der Waals surface area contributed by atoms with Crippen molar-refractivity contribution in [2.45, 2.75) is 0 Å². The van der Waals surface area contributed by atoms with Crippen LogP contribution in [-0.2, 0) is 4.74 Å². The van der Waals surface area contributed by atoms with Crippen LogP contribution in [0.1, 0.15) is 10.4 Å². The fraction of sp³-hybridized carbons (Fsp3) is 0.231. The molecule has 6 heteroatoms. The van der Waals surface area contributed by atoms with Gasteiger partial charge in [-0.05, 0) is 18.2 Å². The van der Waals surface area contributed by atoms with Crippen LogP contribution in [0, 0.1) is 5.82 Å². The highest BCUT2D eigenvalue weighted by molar-refractivity contribution is 5.94. The van der Waals surface area contributed by atoms with E-state index in [0.29, 0.717) is 0 Å². The summed E-state index contributed by atoms with van der Waals surface area (Å²) in [6.45, 7) is 3.97. The largest absolute Gasteiger partial charge is 0.445 e. The highest BCUT2D eigenvalue weighted by Crippen LogP contribution is 2.02. The third-order valence-electron chi connectivity index (χ3n) is 2.10. The number of benzene rings is 1. The van der Waals surface area contributed by atoms with Gasteiger partial charge in [0.05, 0.1) is 0 Å². The molecule has 0 heterocycles. The topological polar surface area (TPSA) is 67.4 Å². The van der Waals surface area contributed by atoms with E-state index in [1.807, 2.05) is 0 Å². The van der Waals surface area contributed by atoms with Crippen molar-refractivity contribution in [3.63, 3.8) is 0 Å². The van der Waals surface area contributed by atoms with Gasteiger partial charge >= 0.3 is 6.09 Å². The van der Waals surface area contributed by atoms with Crippen LogP contribution < -0.4 is 10.6 Å². The van der Waals surface area contributed by atoms with E-state index >= 15 is 0 Å². The van der Waals surface area contributed by atoms with E-state index in [4.69, 9.17) is 0 Å². The fourth-order valence-corrected chi connectivity index (χ4v) is 1.26. The Morgan fingerprint density at radius 2 is 2.05 bits per heavy atom. The lowest BCUT2D eigenvalue weighted by Gasteiger charge is -2.07. The number of hydrogen-bond donors (Lipinski definition) is 2. The predicted molar refractivity (Wildman–Crippen MR) is 68.3 cm³/mol. The number of nitrogens with one attached hydrogen (secondary N) is 2. The Morgan fingerprint density at radius 1 is 1.32 bits per heavy atom. The van der Waals surface area contributed by atoms with Crippen LogP contribution in [0.25, 0.3) is 0 Å². The van der Waals surface area contributed by atoms with Crippen LogP contribution in [0.4, 0.5) is 9.18 Å². The second kappa shape index (κ2) is 7.86. The lowest BCUT2D eigenvalue weighted by atomic mass is 10.2. The van der Waals surface area contributed by atoms with E-state index in [1.165, 1.54) is 24.3 Å². The van der Waals surface area contributed by atoms with Crippen molar-refractivity contribution in [2.75, 3.05) is 19.7 Å². The van der Waals surface area contributed by atoms with Gasteiger partial charge in [0, 0.05) is 18.7 Å². The summed E-state index contributed by atoms with van der Waals surface area (Å²) in [5, 5.41) is 4.98. The Balaban J connectivity index is 2.24. The highest BCUT2D eigenvalue weighted by Gasteiger charge is 2.05. The molecule has 0 spiro atoms. The molecule has 1 aromatic carbocycles. The standard InChI is InChI=1S/C13H15FN2O3/c1-2-8-19-13(18)16-7-6-15-12(17)10-4-3-5-11(14)9-10/h2-5,9H,1,6-8H2,(H,15,17)(H,16,18). The maximum atomic E-state index is 12.9. The minimum absolute atomic E-state index is 0.126. The van der Waals surface area contributed by atoms with Crippen LogP contribution >= 0.6 is 0 Å². The number of amides is 2. The van der Waals surface area contributed by atoms with Crippen LogP contribution in [-0.4, -0.2) is 31.7 Å². The van der Waals surface area contributed by atoms with Gasteiger partial charge in [-0.1, -0.05) is 18.7 Å². The molecule has 0 saturated carbocycles. The molecule has 0 radical (unpaired) electrons. The van der Waals surface area contributed by atoms with E-state index in [2.05, 4.69) is 21.9 Å². The zero-order chi connectivity index (χ0) is 14.1. The summed E-state index contributed by atoms with van der Waals surface area (Å²) in [6, 6.07) is 5.36. The molecule has 0 aliphatic carbocycles. The predicted octanol–water partition coefficient (Wildman–Crippen LogP) is 1.47. The quantitative estimate of drug-likeness (QED) is 0.605. The Kier molecular flexibility index (Phi) is 6.08. The number of halogens is 1. The fourth-order valence-electron chi connectivity index (χ4n) is 1.26. The Morgan fingerprint density at radius 3 is 2.74 bits per heavy atom. The Bertz CT molecular complexity index is 463. The van der Waals surface area contributed by atoms with E-state index in [0.717, 1.165) is 6.07 Å². The number of ether oxygens (including phenoxy) is 1. The maximum absolute atomic E-state index is 12.9. The first-order valence-corrected chi connectivity index (χ1v) is 5.69. The molecule has 0 saturated heterocycles. The number of alkyl carbamates (subject to hydrolysis) is 1. The van der Waals surface area contributed by atoms with E-state index in [-0.39, 0.29) is 25.3 Å². The Labute approximate surface area is 110 Å². The molecule has 0 fully saturated rings. The van der Waals surface area contributed by atoms with Gasteiger partial charge < -0.3 is 15.4 Å². The molecule has 0 bridgehead atoms. The van der Waals surface area contributed by atoms with Gasteiger partial charge in [0.15, 0.2) is 0 Å². The van der Waals surface area contributed by atoms with Gasteiger partial charge in [0.25, 0.3) is 5.91 Å². The molecular weight excluding hydrogens is 251 g/mol. The van der Waals surface area contributed by atoms with Gasteiger partial charge in [0.1, 0.15) is 12.4 Å². The van der Waals surface area contributed by atoms with Crippen molar-refractivity contribution >= 4 is 12.0 Å². The molecular formula is C13H15FN2O3. The van der Waals surface area contributed by atoms with Crippen LogP contribution in [0.3, 0.4) is 0 Å². The third-order valence-corrected chi connectivity index (χ3v) is 2.10. The molecule has 0 aliphatic heterocycles. The van der Waals surface area contributed by atoms with Gasteiger partial charge in [-0.15, -0.1) is 0 Å². The first-order chi connectivity index (χ1) is 9.13. The van der Waals surface area contributed by atoms with Crippen LogP contribution in [0.2, 0.25) is 0 Å². The van der Waals surface area contributed by atoms with Gasteiger partial charge in [-0.25, -0.2) is 9.18 Å². The normalized spacial score (nSPS) is 9.53. The van der Waals surface area contributed by atoms with Crippen molar-refractivity contribution in [1.82, 2.24) is 10.6 Å². The lowest BCUT2D eigenvalue weighted by Crippen LogP contribution is -2.35. The summed E-state index contributed by atoms with van der Waals surface area (Å²) < 4.78 is 17.5. The molecule has 0 atom stereocenters. The number of hydrogen-bond acceptors (Lipinski definition) is 3. The molecule has 19 heavy (non-hydrogen) atoms. The molecule has 102 valence electrons. The van der Waals surface area contributed by atoms with Crippen LogP contribution in [0.5, 0.6) is 0 Å². The van der Waals surface area contributed by atoms with Crippen molar-refractivity contribution in [3.8, 4) is 0 Å². The van der Waals surface area contributed by atoms with Gasteiger partial charge in [-0.2, -0.15) is 0 Å². The van der Waals surface area contributed by atoms with E-state index in [9.17, 15) is 14.0 Å². The van der Waals surface area contributed by atoms with Crippen LogP contribution in [0.15, 0.2) is 36.9 Å². The van der Waals surface area contributed by atoms with E-state index < -0.39 is 17.8 Å². The molecule has 0 aromatic heterocycles. The zero-order valence-corrected chi connectivity index (χ0v) is 10.3. The molecule has 5 nitrogen and oxygen atoms in total. The van der Waals surface area contributed by atoms with Crippen molar-refractivity contribution < 1.29 is 18.7 Å². The summed E-state index contributed by atoms with van der Waals surface area (Å²) in [7, 11) is 0. The number of carbonyl (C=O) groups excluding carboxylic acids is 2. The average molecular weight is 266 g/mol. The SMILES string of the molecule is C=CCOC(=O)NCCNC(=O)c1cccc(F)c1. The minimum atomic E-state index is -0.583. The zero-order valence-electron chi connectivity index (χ0n) is 10.3. The summed E-state index contributed by atoms with van der Waals surface area (Å²) in [5.74, 6) is -0.875. The van der Waals surface area contributed by atoms with Gasteiger partial charge in [-0.3, -0.25) is 4.79 Å². The second-order valence-corrected chi connectivity index (χ2v) is 3.58. The molecule has 2 N–H and O–H groups in total. The van der Waals surface area contributed by atoms with Gasteiger partial charge in [0.2, 0.25) is 0 Å². The molecule has 0 aliphatic rings. The Hall–Kier alpha value is -2.37. The smallest absolute Gasteiger partial charge is 0.407 e. The highest BCUT2D eigenvalue weighted by atomic mass is 19.1. The molecule has 0 unspecified atom stereocenters. The number of rotatable bonds is 6. The first-order valence-electron chi connectivity index (χ1n) is 5.69. The second-order valence-electron chi connectivity index (χ2n) is 3.58. The van der Waals surface area contributed by atoms with Crippen molar-refractivity contribution in [1.29, 1.82) is 0 Å². The molecule has 1 rings (SSSR count). The summed E-state index contributed by atoms with van der Waals surface area (Å²) in [6.07, 6.45) is 0.866.